The molecule has 0 amide bonds. The lowest BCUT2D eigenvalue weighted by molar-refractivity contribution is 0.550. The molecule has 1 aromatic heterocycles. The van der Waals surface area contributed by atoms with Crippen LogP contribution in [0.15, 0.2) is 37.4 Å². The minimum absolute atomic E-state index is 0.662. The maximum Gasteiger partial charge on any atom is 0.178 e. The van der Waals surface area contributed by atoms with E-state index in [1.807, 2.05) is 0 Å². The Morgan fingerprint density at radius 1 is 1.42 bits per heavy atom. The number of hydrogen-bond acceptors (Lipinski definition) is 5. The number of halogens is 1. The van der Waals surface area contributed by atoms with Crippen LogP contribution in [0.3, 0.4) is 0 Å². The molecular formula is C13H16BrN3S2. The first-order chi connectivity index (χ1) is 9.15. The van der Waals surface area contributed by atoms with Crippen LogP contribution in [0.4, 0.5) is 0 Å². The van der Waals surface area contributed by atoms with Gasteiger partial charge in [0.05, 0.1) is 0 Å². The maximum atomic E-state index is 4.09. The van der Waals surface area contributed by atoms with Gasteiger partial charge in [-0.05, 0) is 30.2 Å². The van der Waals surface area contributed by atoms with Gasteiger partial charge in [-0.2, -0.15) is 0 Å². The van der Waals surface area contributed by atoms with E-state index in [0.717, 1.165) is 21.9 Å². The third-order valence-corrected chi connectivity index (χ3v) is 4.81. The van der Waals surface area contributed by atoms with Crippen LogP contribution < -0.4 is 5.32 Å². The highest BCUT2D eigenvalue weighted by Crippen LogP contribution is 2.33. The lowest BCUT2D eigenvalue weighted by atomic mass is 10.2. The first-order valence-corrected chi connectivity index (χ1v) is 8.57. The molecule has 0 aliphatic rings. The van der Waals surface area contributed by atoms with Gasteiger partial charge in [0.1, 0.15) is 5.51 Å². The summed E-state index contributed by atoms with van der Waals surface area (Å²) in [6.45, 7) is 6.34. The fourth-order valence-electron chi connectivity index (χ4n) is 1.57. The van der Waals surface area contributed by atoms with E-state index in [0.29, 0.717) is 5.92 Å². The number of benzene rings is 1. The molecule has 0 saturated heterocycles. The second-order valence-corrected chi connectivity index (χ2v) is 7.62. The molecule has 0 unspecified atom stereocenters. The van der Waals surface area contributed by atoms with Crippen molar-refractivity contribution in [1.82, 2.24) is 15.5 Å². The summed E-state index contributed by atoms with van der Waals surface area (Å²) in [7, 11) is 0. The molecule has 3 nitrogen and oxygen atoms in total. The Labute approximate surface area is 130 Å². The van der Waals surface area contributed by atoms with E-state index in [9.17, 15) is 0 Å². The van der Waals surface area contributed by atoms with Gasteiger partial charge >= 0.3 is 0 Å². The van der Waals surface area contributed by atoms with Gasteiger partial charge in [0.15, 0.2) is 4.34 Å². The topological polar surface area (TPSA) is 37.8 Å². The molecule has 0 saturated carbocycles. The molecule has 0 bridgehead atoms. The molecule has 6 heteroatoms. The van der Waals surface area contributed by atoms with Crippen molar-refractivity contribution >= 4 is 39.0 Å². The summed E-state index contributed by atoms with van der Waals surface area (Å²) < 4.78 is 2.07. The van der Waals surface area contributed by atoms with Gasteiger partial charge in [0.25, 0.3) is 0 Å². The molecule has 0 atom stereocenters. The summed E-state index contributed by atoms with van der Waals surface area (Å²) in [5, 5.41) is 11.4. The van der Waals surface area contributed by atoms with Gasteiger partial charge < -0.3 is 5.32 Å². The highest BCUT2D eigenvalue weighted by Gasteiger charge is 2.08. The minimum atomic E-state index is 0.662. The molecule has 1 heterocycles. The molecule has 2 aromatic rings. The summed E-state index contributed by atoms with van der Waals surface area (Å²) in [6, 6.07) is 6.37. The average Bonchev–Trinajstić information content (AvgIpc) is 2.84. The summed E-state index contributed by atoms with van der Waals surface area (Å²) in [5.41, 5.74) is 3.06. The van der Waals surface area contributed by atoms with Crippen molar-refractivity contribution in [3.8, 4) is 0 Å². The monoisotopic (exact) mass is 357 g/mol. The molecule has 0 spiro atoms. The van der Waals surface area contributed by atoms with Crippen molar-refractivity contribution in [2.75, 3.05) is 6.54 Å². The zero-order valence-corrected chi connectivity index (χ0v) is 14.1. The van der Waals surface area contributed by atoms with Crippen LogP contribution in [-0.2, 0) is 6.54 Å². The van der Waals surface area contributed by atoms with Crippen molar-refractivity contribution in [3.63, 3.8) is 0 Å². The first-order valence-electron chi connectivity index (χ1n) is 6.08. The molecule has 2 rings (SSSR count). The van der Waals surface area contributed by atoms with E-state index in [2.05, 4.69) is 63.5 Å². The van der Waals surface area contributed by atoms with Crippen molar-refractivity contribution in [1.29, 1.82) is 0 Å². The Hall–Kier alpha value is -0.430. The van der Waals surface area contributed by atoms with E-state index in [1.54, 1.807) is 28.6 Å². The van der Waals surface area contributed by atoms with E-state index in [4.69, 9.17) is 0 Å². The number of aromatic nitrogens is 2. The van der Waals surface area contributed by atoms with E-state index < -0.39 is 0 Å². The third kappa shape index (κ3) is 4.87. The van der Waals surface area contributed by atoms with Gasteiger partial charge in [-0.15, -0.1) is 10.2 Å². The van der Waals surface area contributed by atoms with Gasteiger partial charge in [-0.3, -0.25) is 0 Å². The predicted molar refractivity (Wildman–Crippen MR) is 84.7 cm³/mol. The van der Waals surface area contributed by atoms with Crippen LogP contribution in [-0.4, -0.2) is 16.7 Å². The predicted octanol–water partition coefficient (Wildman–Crippen LogP) is 4.20. The van der Waals surface area contributed by atoms with E-state index in [-0.39, 0.29) is 0 Å². The second-order valence-electron chi connectivity index (χ2n) is 4.58. The van der Waals surface area contributed by atoms with Crippen molar-refractivity contribution in [2.45, 2.75) is 29.6 Å². The molecule has 102 valence electrons. The summed E-state index contributed by atoms with van der Waals surface area (Å²) in [5.74, 6) is 0.662. The second kappa shape index (κ2) is 7.38. The quantitative estimate of drug-likeness (QED) is 0.840. The molecule has 0 fully saturated rings. The van der Waals surface area contributed by atoms with Crippen LogP contribution in [0, 0.1) is 5.92 Å². The lowest BCUT2D eigenvalue weighted by Gasteiger charge is -2.11. The highest BCUT2D eigenvalue weighted by molar-refractivity contribution is 9.10. The first kappa shape index (κ1) is 15.0. The van der Waals surface area contributed by atoms with E-state index in [1.165, 1.54) is 10.5 Å². The average molecular weight is 358 g/mol. The normalized spacial score (nSPS) is 11.2. The Morgan fingerprint density at radius 2 is 2.26 bits per heavy atom. The van der Waals surface area contributed by atoms with Crippen molar-refractivity contribution < 1.29 is 0 Å². The maximum absolute atomic E-state index is 4.09. The molecule has 1 N–H and O–H groups in total. The summed E-state index contributed by atoms with van der Waals surface area (Å²) in [6.07, 6.45) is 0. The van der Waals surface area contributed by atoms with Gasteiger partial charge in [0, 0.05) is 15.9 Å². The van der Waals surface area contributed by atoms with Gasteiger partial charge in [0.2, 0.25) is 0 Å². The lowest BCUT2D eigenvalue weighted by Crippen LogP contribution is -2.19. The Kier molecular flexibility index (Phi) is 5.81. The van der Waals surface area contributed by atoms with Crippen LogP contribution in [0.5, 0.6) is 0 Å². The van der Waals surface area contributed by atoms with Crippen LogP contribution in [0.25, 0.3) is 0 Å². The zero-order valence-electron chi connectivity index (χ0n) is 10.9. The zero-order chi connectivity index (χ0) is 13.7. The fraction of sp³-hybridized carbons (Fsp3) is 0.385. The smallest absolute Gasteiger partial charge is 0.178 e. The van der Waals surface area contributed by atoms with Crippen LogP contribution in [0.2, 0.25) is 0 Å². The Bertz CT molecular complexity index is 515. The van der Waals surface area contributed by atoms with Crippen molar-refractivity contribution in [2.24, 2.45) is 5.92 Å². The molecule has 0 aliphatic heterocycles. The fourth-order valence-corrected chi connectivity index (χ4v) is 3.68. The number of rotatable bonds is 6. The summed E-state index contributed by atoms with van der Waals surface area (Å²) >= 11 is 6.76. The Morgan fingerprint density at radius 3 is 2.95 bits per heavy atom. The minimum Gasteiger partial charge on any atom is -0.312 e. The van der Waals surface area contributed by atoms with E-state index >= 15 is 0 Å². The molecular weight excluding hydrogens is 342 g/mol. The summed E-state index contributed by atoms with van der Waals surface area (Å²) in [4.78, 5) is 1.22. The third-order valence-electron chi connectivity index (χ3n) is 2.43. The number of hydrogen-bond donors (Lipinski definition) is 1. The highest BCUT2D eigenvalue weighted by atomic mass is 79.9. The van der Waals surface area contributed by atoms with Crippen LogP contribution in [0.1, 0.15) is 19.4 Å². The number of nitrogens with one attached hydrogen (secondary N) is 1. The molecule has 0 aliphatic carbocycles. The number of nitrogens with zero attached hydrogens (tertiary/aromatic N) is 2. The standard InChI is InChI=1S/C13H16BrN3S2/c1-9(2)6-15-7-10-3-4-11(14)5-12(10)19-13-17-16-8-18-13/h3-5,8-9,15H,6-7H2,1-2H3. The Balaban J connectivity index is 2.09. The SMILES string of the molecule is CC(C)CNCc1ccc(Br)cc1Sc1nncs1. The van der Waals surface area contributed by atoms with Gasteiger partial charge in [-0.25, -0.2) is 0 Å². The van der Waals surface area contributed by atoms with Gasteiger partial charge in [-0.1, -0.05) is 58.9 Å². The molecule has 1 aromatic carbocycles. The molecule has 0 radical (unpaired) electrons. The molecule has 19 heavy (non-hydrogen) atoms. The largest absolute Gasteiger partial charge is 0.312 e. The van der Waals surface area contributed by atoms with Crippen LogP contribution >= 0.6 is 39.0 Å². The van der Waals surface area contributed by atoms with Crippen molar-refractivity contribution in [3.05, 3.63) is 33.7 Å².